The van der Waals surface area contributed by atoms with Gasteiger partial charge in [-0.15, -0.1) is 0 Å². The maximum absolute atomic E-state index is 5.12. The molecule has 3 rings (SSSR count). The fourth-order valence-corrected chi connectivity index (χ4v) is 2.13. The first-order valence-corrected chi connectivity index (χ1v) is 5.97. The molecule has 6 nitrogen and oxygen atoms in total. The van der Waals surface area contributed by atoms with Crippen molar-refractivity contribution in [2.45, 2.75) is 25.5 Å². The van der Waals surface area contributed by atoms with E-state index in [9.17, 15) is 0 Å². The lowest BCUT2D eigenvalue weighted by molar-refractivity contribution is 0.181. The maximum Gasteiger partial charge on any atom is 0.254 e. The lowest BCUT2D eigenvalue weighted by atomic mass is 10.2. The molecule has 0 unspecified atom stereocenters. The van der Waals surface area contributed by atoms with E-state index in [0.717, 1.165) is 24.4 Å². The molecule has 1 N–H and O–H groups in total. The standard InChI is InChI=1S/C12H15N5O/c1-18-7-10-6-11(15-9-4-2-3-5-9)17-12(16-10)13-8-14-17/h2-3,6,8-9,15H,4-5,7H2,1H3. The van der Waals surface area contributed by atoms with E-state index in [4.69, 9.17) is 4.74 Å². The smallest absolute Gasteiger partial charge is 0.254 e. The van der Waals surface area contributed by atoms with Crippen LogP contribution in [0.2, 0.25) is 0 Å². The van der Waals surface area contributed by atoms with E-state index in [1.54, 1.807) is 11.6 Å². The van der Waals surface area contributed by atoms with Gasteiger partial charge in [0.2, 0.25) is 0 Å². The molecule has 18 heavy (non-hydrogen) atoms. The second-order valence-electron chi connectivity index (χ2n) is 4.32. The Balaban J connectivity index is 1.94. The van der Waals surface area contributed by atoms with Gasteiger partial charge in [0.25, 0.3) is 5.78 Å². The van der Waals surface area contributed by atoms with Gasteiger partial charge >= 0.3 is 0 Å². The van der Waals surface area contributed by atoms with Gasteiger partial charge in [-0.3, -0.25) is 0 Å². The molecule has 1 aliphatic rings. The number of anilines is 1. The summed E-state index contributed by atoms with van der Waals surface area (Å²) in [5, 5.41) is 7.65. The van der Waals surface area contributed by atoms with Crippen LogP contribution in [0.4, 0.5) is 5.82 Å². The van der Waals surface area contributed by atoms with Gasteiger partial charge in [-0.05, 0) is 12.8 Å². The molecule has 0 saturated heterocycles. The van der Waals surface area contributed by atoms with Crippen LogP contribution >= 0.6 is 0 Å². The van der Waals surface area contributed by atoms with E-state index >= 15 is 0 Å². The fraction of sp³-hybridized carbons (Fsp3) is 0.417. The van der Waals surface area contributed by atoms with Crippen molar-refractivity contribution >= 4 is 11.6 Å². The molecule has 0 bridgehead atoms. The van der Waals surface area contributed by atoms with Gasteiger partial charge in [0.1, 0.15) is 12.1 Å². The number of ether oxygens (including phenoxy) is 1. The zero-order chi connectivity index (χ0) is 12.4. The number of hydrogen-bond acceptors (Lipinski definition) is 5. The van der Waals surface area contributed by atoms with Gasteiger partial charge in [-0.2, -0.15) is 14.6 Å². The molecule has 0 atom stereocenters. The van der Waals surface area contributed by atoms with Crippen LogP contribution in [0.1, 0.15) is 18.5 Å². The molecule has 0 aliphatic heterocycles. The summed E-state index contributed by atoms with van der Waals surface area (Å²) in [6, 6.07) is 2.39. The first kappa shape index (κ1) is 11.2. The Morgan fingerprint density at radius 3 is 3.06 bits per heavy atom. The third-order valence-corrected chi connectivity index (χ3v) is 2.96. The zero-order valence-electron chi connectivity index (χ0n) is 10.2. The number of aromatic nitrogens is 4. The van der Waals surface area contributed by atoms with Crippen LogP contribution in [0.15, 0.2) is 24.5 Å². The van der Waals surface area contributed by atoms with Gasteiger partial charge in [0.15, 0.2) is 0 Å². The lowest BCUT2D eigenvalue weighted by Crippen LogP contribution is -2.18. The average molecular weight is 245 g/mol. The van der Waals surface area contributed by atoms with Crippen LogP contribution in [0.3, 0.4) is 0 Å². The summed E-state index contributed by atoms with van der Waals surface area (Å²) < 4.78 is 6.84. The van der Waals surface area contributed by atoms with Gasteiger partial charge in [0, 0.05) is 19.2 Å². The molecule has 2 aromatic heterocycles. The summed E-state index contributed by atoms with van der Waals surface area (Å²) in [6.07, 6.45) is 7.97. The van der Waals surface area contributed by atoms with E-state index in [2.05, 4.69) is 32.5 Å². The summed E-state index contributed by atoms with van der Waals surface area (Å²) in [4.78, 5) is 8.50. The molecule has 1 aliphatic carbocycles. The van der Waals surface area contributed by atoms with Crippen LogP contribution in [0, 0.1) is 0 Å². The van der Waals surface area contributed by atoms with Crippen molar-refractivity contribution in [3.8, 4) is 0 Å². The molecule has 0 amide bonds. The summed E-state index contributed by atoms with van der Waals surface area (Å²) in [5.41, 5.74) is 0.853. The highest BCUT2D eigenvalue weighted by atomic mass is 16.5. The third-order valence-electron chi connectivity index (χ3n) is 2.96. The number of nitrogens with zero attached hydrogens (tertiary/aromatic N) is 4. The summed E-state index contributed by atoms with van der Waals surface area (Å²) in [6.45, 7) is 0.473. The monoisotopic (exact) mass is 245 g/mol. The van der Waals surface area contributed by atoms with Crippen LogP contribution in [-0.2, 0) is 11.3 Å². The van der Waals surface area contributed by atoms with Crippen LogP contribution in [-0.4, -0.2) is 32.7 Å². The summed E-state index contributed by atoms with van der Waals surface area (Å²) in [7, 11) is 1.66. The van der Waals surface area contributed by atoms with Crippen molar-refractivity contribution in [3.63, 3.8) is 0 Å². The van der Waals surface area contributed by atoms with Crippen molar-refractivity contribution in [2.75, 3.05) is 12.4 Å². The van der Waals surface area contributed by atoms with Crippen molar-refractivity contribution in [1.82, 2.24) is 19.6 Å². The Morgan fingerprint density at radius 1 is 1.44 bits per heavy atom. The number of methoxy groups -OCH3 is 1. The van der Waals surface area contributed by atoms with E-state index in [1.807, 2.05) is 6.07 Å². The van der Waals surface area contributed by atoms with Crippen molar-refractivity contribution in [3.05, 3.63) is 30.2 Å². The molecule has 0 radical (unpaired) electrons. The minimum absolute atomic E-state index is 0.426. The molecule has 0 spiro atoms. The number of rotatable bonds is 4. The first-order chi connectivity index (χ1) is 8.86. The van der Waals surface area contributed by atoms with Gasteiger partial charge in [-0.1, -0.05) is 12.2 Å². The van der Waals surface area contributed by atoms with Crippen LogP contribution in [0.5, 0.6) is 0 Å². The molecular formula is C12H15N5O. The molecule has 0 saturated carbocycles. The zero-order valence-corrected chi connectivity index (χ0v) is 10.2. The van der Waals surface area contributed by atoms with Crippen molar-refractivity contribution in [1.29, 1.82) is 0 Å². The third kappa shape index (κ3) is 2.06. The number of hydrogen-bond donors (Lipinski definition) is 1. The van der Waals surface area contributed by atoms with E-state index in [-0.39, 0.29) is 0 Å². The minimum atomic E-state index is 0.426. The quantitative estimate of drug-likeness (QED) is 0.825. The maximum atomic E-state index is 5.12. The fourth-order valence-electron chi connectivity index (χ4n) is 2.13. The normalized spacial score (nSPS) is 15.6. The van der Waals surface area contributed by atoms with Crippen LogP contribution < -0.4 is 5.32 Å². The molecule has 0 fully saturated rings. The molecular weight excluding hydrogens is 230 g/mol. The summed E-state index contributed by atoms with van der Waals surface area (Å²) in [5.74, 6) is 1.51. The Kier molecular flexibility index (Phi) is 2.93. The van der Waals surface area contributed by atoms with Gasteiger partial charge in [-0.25, -0.2) is 4.98 Å². The number of nitrogens with one attached hydrogen (secondary N) is 1. The molecule has 0 aromatic carbocycles. The SMILES string of the molecule is COCc1cc(NC2CC=CC2)n2ncnc2n1. The Labute approximate surface area is 105 Å². The van der Waals surface area contributed by atoms with E-state index in [0.29, 0.717) is 18.4 Å². The Hall–Kier alpha value is -1.95. The highest BCUT2D eigenvalue weighted by molar-refractivity contribution is 5.46. The lowest BCUT2D eigenvalue weighted by Gasteiger charge is -2.14. The van der Waals surface area contributed by atoms with E-state index < -0.39 is 0 Å². The highest BCUT2D eigenvalue weighted by Crippen LogP contribution is 2.18. The molecule has 2 aromatic rings. The van der Waals surface area contributed by atoms with Crippen LogP contribution in [0.25, 0.3) is 5.78 Å². The van der Waals surface area contributed by atoms with Crippen molar-refractivity contribution < 1.29 is 4.74 Å². The number of fused-ring (bicyclic) bond motifs is 1. The Morgan fingerprint density at radius 2 is 2.28 bits per heavy atom. The second kappa shape index (κ2) is 4.73. The van der Waals surface area contributed by atoms with Crippen molar-refractivity contribution in [2.24, 2.45) is 0 Å². The Bertz CT molecular complexity index is 569. The topological polar surface area (TPSA) is 64.3 Å². The molecule has 94 valence electrons. The minimum Gasteiger partial charge on any atom is -0.378 e. The first-order valence-electron chi connectivity index (χ1n) is 5.97. The molecule has 2 heterocycles. The molecule has 6 heteroatoms. The van der Waals surface area contributed by atoms with Gasteiger partial charge < -0.3 is 10.1 Å². The average Bonchev–Trinajstić information content (AvgIpc) is 2.99. The summed E-state index contributed by atoms with van der Waals surface area (Å²) >= 11 is 0. The van der Waals surface area contributed by atoms with E-state index in [1.165, 1.54) is 6.33 Å². The van der Waals surface area contributed by atoms with Gasteiger partial charge in [0.05, 0.1) is 12.3 Å². The predicted octanol–water partition coefficient (Wildman–Crippen LogP) is 1.40. The highest BCUT2D eigenvalue weighted by Gasteiger charge is 2.13. The second-order valence-corrected chi connectivity index (χ2v) is 4.32. The predicted molar refractivity (Wildman–Crippen MR) is 67.3 cm³/mol. The largest absolute Gasteiger partial charge is 0.378 e.